The molecule has 0 aromatic heterocycles. The molecule has 0 aliphatic carbocycles. The van der Waals surface area contributed by atoms with Crippen LogP contribution >= 0.6 is 0 Å². The minimum Gasteiger partial charge on any atom is -0.342 e. The molecule has 19 heavy (non-hydrogen) atoms. The van der Waals surface area contributed by atoms with E-state index in [-0.39, 0.29) is 11.8 Å². The average molecular weight is 260 g/mol. The summed E-state index contributed by atoms with van der Waals surface area (Å²) in [4.78, 5) is 14.6. The average Bonchev–Trinajstić information content (AvgIpc) is 2.46. The molecular formula is C16H24N2O. The van der Waals surface area contributed by atoms with Crippen LogP contribution in [0.25, 0.3) is 0 Å². The number of rotatable bonds is 3. The quantitative estimate of drug-likeness (QED) is 0.904. The molecule has 3 nitrogen and oxygen atoms in total. The van der Waals surface area contributed by atoms with Gasteiger partial charge in [0.15, 0.2) is 0 Å². The lowest BCUT2D eigenvalue weighted by Crippen LogP contribution is -2.50. The molecule has 1 aromatic rings. The summed E-state index contributed by atoms with van der Waals surface area (Å²) >= 11 is 0. The molecule has 0 spiro atoms. The molecule has 1 N–H and O–H groups in total. The fourth-order valence-corrected chi connectivity index (χ4v) is 2.93. The van der Waals surface area contributed by atoms with Crippen LogP contribution in [0.4, 0.5) is 0 Å². The summed E-state index contributed by atoms with van der Waals surface area (Å²) in [6, 6.07) is 10.6. The molecule has 3 atom stereocenters. The van der Waals surface area contributed by atoms with E-state index >= 15 is 0 Å². The number of nitrogens with zero attached hydrogens (tertiary/aromatic N) is 1. The van der Waals surface area contributed by atoms with Gasteiger partial charge in [-0.15, -0.1) is 0 Å². The monoisotopic (exact) mass is 260 g/mol. The van der Waals surface area contributed by atoms with Gasteiger partial charge < -0.3 is 10.2 Å². The van der Waals surface area contributed by atoms with Crippen LogP contribution in [0.15, 0.2) is 30.3 Å². The van der Waals surface area contributed by atoms with Gasteiger partial charge in [-0.2, -0.15) is 0 Å². The predicted octanol–water partition coefficient (Wildman–Crippen LogP) is 2.25. The Balaban J connectivity index is 2.01. The van der Waals surface area contributed by atoms with Gasteiger partial charge in [-0.3, -0.25) is 4.79 Å². The van der Waals surface area contributed by atoms with Gasteiger partial charge in [0.05, 0.1) is 5.92 Å². The SMILES string of the molecule is CNC1CCN(C(=O)C(C)c2ccccc2)CC1C. The number of hydrogen-bond acceptors (Lipinski definition) is 2. The van der Waals surface area contributed by atoms with Crippen molar-refractivity contribution in [1.82, 2.24) is 10.2 Å². The molecule has 3 heteroatoms. The number of amides is 1. The smallest absolute Gasteiger partial charge is 0.229 e. The maximum absolute atomic E-state index is 12.5. The van der Waals surface area contributed by atoms with Crippen molar-refractivity contribution in [3.63, 3.8) is 0 Å². The summed E-state index contributed by atoms with van der Waals surface area (Å²) in [6.45, 7) is 5.95. The maximum Gasteiger partial charge on any atom is 0.229 e. The van der Waals surface area contributed by atoms with Gasteiger partial charge in [0.2, 0.25) is 5.91 Å². The van der Waals surface area contributed by atoms with Crippen LogP contribution in [0.3, 0.4) is 0 Å². The number of nitrogens with one attached hydrogen (secondary N) is 1. The van der Waals surface area contributed by atoms with Crippen molar-refractivity contribution in [1.29, 1.82) is 0 Å². The van der Waals surface area contributed by atoms with E-state index in [4.69, 9.17) is 0 Å². The minimum atomic E-state index is -0.0421. The molecule has 1 amide bonds. The van der Waals surface area contributed by atoms with Crippen molar-refractivity contribution in [3.8, 4) is 0 Å². The third kappa shape index (κ3) is 3.16. The van der Waals surface area contributed by atoms with Crippen LogP contribution in [0.5, 0.6) is 0 Å². The highest BCUT2D eigenvalue weighted by Gasteiger charge is 2.30. The first kappa shape index (κ1) is 14.1. The zero-order valence-corrected chi connectivity index (χ0v) is 12.1. The van der Waals surface area contributed by atoms with Crippen molar-refractivity contribution >= 4 is 5.91 Å². The van der Waals surface area contributed by atoms with Gasteiger partial charge in [0.25, 0.3) is 0 Å². The first-order valence-corrected chi connectivity index (χ1v) is 7.14. The second-order valence-electron chi connectivity index (χ2n) is 5.58. The molecule has 1 fully saturated rings. The van der Waals surface area contributed by atoms with E-state index in [1.54, 1.807) is 0 Å². The summed E-state index contributed by atoms with van der Waals surface area (Å²) in [5.74, 6) is 0.734. The lowest BCUT2D eigenvalue weighted by Gasteiger charge is -2.38. The van der Waals surface area contributed by atoms with Gasteiger partial charge in [-0.05, 0) is 31.9 Å². The first-order valence-electron chi connectivity index (χ1n) is 7.14. The Morgan fingerprint density at radius 2 is 2.05 bits per heavy atom. The number of piperidine rings is 1. The number of hydrogen-bond donors (Lipinski definition) is 1. The Morgan fingerprint density at radius 3 is 2.63 bits per heavy atom. The zero-order chi connectivity index (χ0) is 13.8. The topological polar surface area (TPSA) is 32.3 Å². The third-order valence-corrected chi connectivity index (χ3v) is 4.26. The summed E-state index contributed by atoms with van der Waals surface area (Å²) in [5, 5.41) is 3.34. The molecule has 1 aliphatic rings. The van der Waals surface area contributed by atoms with Crippen molar-refractivity contribution in [2.24, 2.45) is 5.92 Å². The Kier molecular flexibility index (Phi) is 4.59. The van der Waals surface area contributed by atoms with E-state index in [2.05, 4.69) is 12.2 Å². The van der Waals surface area contributed by atoms with E-state index in [1.165, 1.54) is 0 Å². The minimum absolute atomic E-state index is 0.0421. The van der Waals surface area contributed by atoms with E-state index in [0.29, 0.717) is 12.0 Å². The summed E-state index contributed by atoms with van der Waals surface area (Å²) in [6.07, 6.45) is 1.05. The van der Waals surface area contributed by atoms with Crippen LogP contribution in [-0.2, 0) is 4.79 Å². The Hall–Kier alpha value is -1.35. The van der Waals surface area contributed by atoms with Gasteiger partial charge in [0.1, 0.15) is 0 Å². The summed E-state index contributed by atoms with van der Waals surface area (Å²) in [5.41, 5.74) is 1.11. The van der Waals surface area contributed by atoms with Gasteiger partial charge >= 0.3 is 0 Å². The summed E-state index contributed by atoms with van der Waals surface area (Å²) in [7, 11) is 2.01. The van der Waals surface area contributed by atoms with E-state index in [1.807, 2.05) is 49.2 Å². The van der Waals surface area contributed by atoms with Crippen molar-refractivity contribution in [2.45, 2.75) is 32.2 Å². The molecule has 1 aromatic carbocycles. The van der Waals surface area contributed by atoms with E-state index in [0.717, 1.165) is 25.1 Å². The van der Waals surface area contributed by atoms with Crippen LogP contribution < -0.4 is 5.32 Å². The van der Waals surface area contributed by atoms with Gasteiger partial charge in [0, 0.05) is 19.1 Å². The number of carbonyl (C=O) groups excluding carboxylic acids is 1. The highest BCUT2D eigenvalue weighted by molar-refractivity contribution is 5.83. The fraction of sp³-hybridized carbons (Fsp3) is 0.562. The third-order valence-electron chi connectivity index (χ3n) is 4.26. The second-order valence-corrected chi connectivity index (χ2v) is 5.58. The molecule has 0 saturated carbocycles. The van der Waals surface area contributed by atoms with Crippen molar-refractivity contribution < 1.29 is 4.79 Å². The van der Waals surface area contributed by atoms with Crippen LogP contribution in [0.1, 0.15) is 31.7 Å². The first-order chi connectivity index (χ1) is 9.13. The van der Waals surface area contributed by atoms with Crippen molar-refractivity contribution in [2.75, 3.05) is 20.1 Å². The van der Waals surface area contributed by atoms with Crippen LogP contribution in [0.2, 0.25) is 0 Å². The molecule has 1 aliphatic heterocycles. The highest BCUT2D eigenvalue weighted by atomic mass is 16.2. The molecule has 1 heterocycles. The number of benzene rings is 1. The molecule has 1 saturated heterocycles. The Labute approximate surface area is 116 Å². The Morgan fingerprint density at radius 1 is 1.37 bits per heavy atom. The molecule has 0 bridgehead atoms. The normalized spacial score (nSPS) is 25.1. The molecule has 3 unspecified atom stereocenters. The van der Waals surface area contributed by atoms with Gasteiger partial charge in [-0.25, -0.2) is 0 Å². The van der Waals surface area contributed by atoms with Crippen LogP contribution in [-0.4, -0.2) is 37.0 Å². The van der Waals surface area contributed by atoms with Crippen molar-refractivity contribution in [3.05, 3.63) is 35.9 Å². The predicted molar refractivity (Wildman–Crippen MR) is 78.1 cm³/mol. The van der Waals surface area contributed by atoms with E-state index < -0.39 is 0 Å². The maximum atomic E-state index is 12.5. The zero-order valence-electron chi connectivity index (χ0n) is 12.1. The standard InChI is InChI=1S/C16H24N2O/c1-12-11-18(10-9-15(12)17-3)16(19)13(2)14-7-5-4-6-8-14/h4-8,12-13,15,17H,9-11H2,1-3H3. The molecule has 104 valence electrons. The van der Waals surface area contributed by atoms with E-state index in [9.17, 15) is 4.79 Å². The lowest BCUT2D eigenvalue weighted by atomic mass is 9.92. The molecule has 2 rings (SSSR count). The highest BCUT2D eigenvalue weighted by Crippen LogP contribution is 2.22. The number of carbonyl (C=O) groups is 1. The fourth-order valence-electron chi connectivity index (χ4n) is 2.93. The summed E-state index contributed by atoms with van der Waals surface area (Å²) < 4.78 is 0. The number of likely N-dealkylation sites (tertiary alicyclic amines) is 1. The van der Waals surface area contributed by atoms with Crippen LogP contribution in [0, 0.1) is 5.92 Å². The molecular weight excluding hydrogens is 236 g/mol. The van der Waals surface area contributed by atoms with Gasteiger partial charge in [-0.1, -0.05) is 37.3 Å². The Bertz CT molecular complexity index is 418. The lowest BCUT2D eigenvalue weighted by molar-refractivity contribution is -0.134. The molecule has 0 radical (unpaired) electrons. The largest absolute Gasteiger partial charge is 0.342 e. The second kappa shape index (κ2) is 6.20.